The second-order valence-corrected chi connectivity index (χ2v) is 5.97. The predicted octanol–water partition coefficient (Wildman–Crippen LogP) is -0.0957. The van der Waals surface area contributed by atoms with E-state index in [0.29, 0.717) is 29.6 Å². The zero-order valence-electron chi connectivity index (χ0n) is 13.0. The molecule has 4 radical (unpaired) electrons. The Morgan fingerprint density at radius 2 is 1.96 bits per heavy atom. The predicted molar refractivity (Wildman–Crippen MR) is 89.1 cm³/mol. The number of nitrogens with zero attached hydrogens (tertiary/aromatic N) is 2. The SMILES string of the molecule is [B]C1=CC(CCNC2CC(=O)c3cnncc3C2=O)=CC([B])C1O. The number of aliphatic hydroxyl groups excluding tert-OH is 1. The number of aliphatic hydroxyl groups is 1. The van der Waals surface area contributed by atoms with Crippen molar-refractivity contribution in [2.75, 3.05) is 6.54 Å². The lowest BCUT2D eigenvalue weighted by molar-refractivity contribution is 0.0848. The Morgan fingerprint density at radius 1 is 1.25 bits per heavy atom. The number of aromatic nitrogens is 2. The first kappa shape index (κ1) is 16.8. The number of hydrogen-bond acceptors (Lipinski definition) is 6. The van der Waals surface area contributed by atoms with E-state index in [-0.39, 0.29) is 18.0 Å². The average Bonchev–Trinajstić information content (AvgIpc) is 2.57. The van der Waals surface area contributed by atoms with Crippen molar-refractivity contribution < 1.29 is 14.7 Å². The highest BCUT2D eigenvalue weighted by Gasteiger charge is 2.32. The molecule has 1 aromatic rings. The van der Waals surface area contributed by atoms with Gasteiger partial charge in [-0.15, -0.1) is 0 Å². The lowest BCUT2D eigenvalue weighted by Crippen LogP contribution is -2.43. The fourth-order valence-corrected chi connectivity index (χ4v) is 2.93. The molecular formula is C16H15B2N3O3. The summed E-state index contributed by atoms with van der Waals surface area (Å²) in [6, 6.07) is -0.570. The van der Waals surface area contributed by atoms with Crippen molar-refractivity contribution in [1.29, 1.82) is 0 Å². The van der Waals surface area contributed by atoms with Crippen molar-refractivity contribution in [2.24, 2.45) is 0 Å². The van der Waals surface area contributed by atoms with Gasteiger partial charge >= 0.3 is 0 Å². The normalized spacial score (nSPS) is 26.6. The second-order valence-electron chi connectivity index (χ2n) is 5.97. The molecule has 0 aliphatic heterocycles. The van der Waals surface area contributed by atoms with Gasteiger partial charge in [0.1, 0.15) is 7.85 Å². The minimum absolute atomic E-state index is 0.104. The van der Waals surface area contributed by atoms with Gasteiger partial charge in [0.15, 0.2) is 11.6 Å². The molecule has 1 heterocycles. The average molecular weight is 319 g/mol. The van der Waals surface area contributed by atoms with Crippen LogP contribution in [0.15, 0.2) is 35.6 Å². The van der Waals surface area contributed by atoms with Gasteiger partial charge in [0, 0.05) is 6.42 Å². The maximum Gasteiger partial charge on any atom is 0.182 e. The van der Waals surface area contributed by atoms with E-state index >= 15 is 0 Å². The van der Waals surface area contributed by atoms with Crippen LogP contribution in [-0.2, 0) is 0 Å². The number of allylic oxidation sites excluding steroid dienone is 1. The van der Waals surface area contributed by atoms with Crippen LogP contribution in [-0.4, -0.2) is 61.3 Å². The number of Topliss-reactive ketones (excluding diaryl/α,β-unsaturated/α-hetero) is 2. The lowest BCUT2D eigenvalue weighted by atomic mass is 9.69. The Morgan fingerprint density at radius 3 is 2.67 bits per heavy atom. The van der Waals surface area contributed by atoms with Crippen LogP contribution >= 0.6 is 0 Å². The fraction of sp³-hybridized carbons (Fsp3) is 0.375. The monoisotopic (exact) mass is 319 g/mol. The molecule has 0 aromatic carbocycles. The zero-order valence-corrected chi connectivity index (χ0v) is 13.0. The quantitative estimate of drug-likeness (QED) is 0.753. The molecule has 0 saturated carbocycles. The van der Waals surface area contributed by atoms with Gasteiger partial charge in [-0.05, 0) is 18.8 Å². The number of ketones is 2. The van der Waals surface area contributed by atoms with Crippen molar-refractivity contribution in [1.82, 2.24) is 15.5 Å². The topological polar surface area (TPSA) is 92.2 Å². The lowest BCUT2D eigenvalue weighted by Gasteiger charge is -2.25. The molecule has 8 heteroatoms. The molecule has 1 aromatic heterocycles. The van der Waals surface area contributed by atoms with Crippen molar-refractivity contribution in [3.05, 3.63) is 46.7 Å². The molecule has 3 rings (SSSR count). The van der Waals surface area contributed by atoms with Crippen molar-refractivity contribution in [3.63, 3.8) is 0 Å². The molecule has 0 fully saturated rings. The third-order valence-electron chi connectivity index (χ3n) is 4.27. The van der Waals surface area contributed by atoms with Gasteiger partial charge in [-0.25, -0.2) is 0 Å². The van der Waals surface area contributed by atoms with Gasteiger partial charge in [-0.2, -0.15) is 10.2 Å². The maximum absolute atomic E-state index is 12.4. The Labute approximate surface area is 142 Å². The molecule has 0 spiro atoms. The highest BCUT2D eigenvalue weighted by molar-refractivity contribution is 6.24. The summed E-state index contributed by atoms with van der Waals surface area (Å²) in [7, 11) is 11.5. The molecule has 3 unspecified atom stereocenters. The Kier molecular flexibility index (Phi) is 4.78. The maximum atomic E-state index is 12.4. The molecule has 118 valence electrons. The number of rotatable bonds is 4. The van der Waals surface area contributed by atoms with Crippen LogP contribution in [0.2, 0.25) is 5.82 Å². The number of carbonyl (C=O) groups is 2. The molecular weight excluding hydrogens is 304 g/mol. The van der Waals surface area contributed by atoms with Crippen LogP contribution in [0.1, 0.15) is 33.6 Å². The summed E-state index contributed by atoms with van der Waals surface area (Å²) in [5.74, 6) is -0.809. The molecule has 6 nitrogen and oxygen atoms in total. The van der Waals surface area contributed by atoms with Crippen LogP contribution < -0.4 is 5.32 Å². The zero-order chi connectivity index (χ0) is 17.3. The molecule has 2 N–H and O–H groups in total. The summed E-state index contributed by atoms with van der Waals surface area (Å²) in [5, 5.41) is 20.1. The Bertz CT molecular complexity index is 748. The Hall–Kier alpha value is -2.05. The fourth-order valence-electron chi connectivity index (χ4n) is 2.93. The van der Waals surface area contributed by atoms with E-state index in [1.54, 1.807) is 12.2 Å². The van der Waals surface area contributed by atoms with Crippen LogP contribution in [0.3, 0.4) is 0 Å². The summed E-state index contributed by atoms with van der Waals surface area (Å²) in [5.41, 5.74) is 1.86. The molecule has 0 bridgehead atoms. The number of carbonyl (C=O) groups excluding carboxylic acids is 2. The van der Waals surface area contributed by atoms with Crippen LogP contribution in [0.5, 0.6) is 0 Å². The molecule has 3 atom stereocenters. The second kappa shape index (κ2) is 6.83. The largest absolute Gasteiger partial charge is 0.390 e. The van der Waals surface area contributed by atoms with Gasteiger partial charge in [-0.1, -0.05) is 23.2 Å². The van der Waals surface area contributed by atoms with E-state index in [2.05, 4.69) is 15.5 Å². The summed E-state index contributed by atoms with van der Waals surface area (Å²) >= 11 is 0. The van der Waals surface area contributed by atoms with Gasteiger partial charge in [0.05, 0.1) is 43.5 Å². The van der Waals surface area contributed by atoms with E-state index in [1.165, 1.54) is 12.4 Å². The van der Waals surface area contributed by atoms with Crippen LogP contribution in [0.25, 0.3) is 0 Å². The van der Waals surface area contributed by atoms with E-state index in [4.69, 9.17) is 15.7 Å². The van der Waals surface area contributed by atoms with Gasteiger partial charge < -0.3 is 10.4 Å². The molecule has 2 aliphatic rings. The number of nitrogens with one attached hydrogen (secondary N) is 1. The number of fused-ring (bicyclic) bond motifs is 1. The third-order valence-corrected chi connectivity index (χ3v) is 4.27. The molecule has 2 aliphatic carbocycles. The summed E-state index contributed by atoms with van der Waals surface area (Å²) in [6.07, 6.45) is 5.93. The summed E-state index contributed by atoms with van der Waals surface area (Å²) < 4.78 is 0. The highest BCUT2D eigenvalue weighted by Crippen LogP contribution is 2.25. The summed E-state index contributed by atoms with van der Waals surface area (Å²) in [6.45, 7) is 0.482. The minimum Gasteiger partial charge on any atom is -0.390 e. The number of hydrogen-bond donors (Lipinski definition) is 2. The molecule has 0 saturated heterocycles. The first-order valence-corrected chi connectivity index (χ1v) is 7.70. The Balaban J connectivity index is 1.62. The summed E-state index contributed by atoms with van der Waals surface area (Å²) in [4.78, 5) is 24.5. The van der Waals surface area contributed by atoms with Crippen LogP contribution in [0, 0.1) is 0 Å². The van der Waals surface area contributed by atoms with Crippen LogP contribution in [0.4, 0.5) is 0 Å². The van der Waals surface area contributed by atoms with Gasteiger partial charge in [-0.3, -0.25) is 9.59 Å². The van der Waals surface area contributed by atoms with Crippen molar-refractivity contribution in [2.45, 2.75) is 30.8 Å². The first-order chi connectivity index (χ1) is 11.5. The molecule has 24 heavy (non-hydrogen) atoms. The van der Waals surface area contributed by atoms with Gasteiger partial charge in [0.2, 0.25) is 0 Å². The first-order valence-electron chi connectivity index (χ1n) is 7.70. The minimum atomic E-state index is -0.864. The highest BCUT2D eigenvalue weighted by atomic mass is 16.3. The van der Waals surface area contributed by atoms with E-state index in [0.717, 1.165) is 5.57 Å². The standard InChI is InChI=1S/C16H15B2N3O3/c17-11-3-8(4-12(18)16(11)24)1-2-19-13-5-14(22)9-6-20-21-7-10(9)15(13)23/h3-4,6-7,11,13,16,19,24H,1-2,5H2. The van der Waals surface area contributed by atoms with E-state index < -0.39 is 18.0 Å². The third kappa shape index (κ3) is 3.25. The van der Waals surface area contributed by atoms with Crippen molar-refractivity contribution >= 4 is 27.3 Å². The van der Waals surface area contributed by atoms with E-state index in [9.17, 15) is 14.7 Å². The van der Waals surface area contributed by atoms with E-state index in [1.807, 2.05) is 0 Å². The molecule has 0 amide bonds. The smallest absolute Gasteiger partial charge is 0.182 e. The van der Waals surface area contributed by atoms with Gasteiger partial charge in [0.25, 0.3) is 0 Å². The van der Waals surface area contributed by atoms with Crippen molar-refractivity contribution in [3.8, 4) is 0 Å².